The van der Waals surface area contributed by atoms with Gasteiger partial charge in [0, 0.05) is 4.47 Å². The summed E-state index contributed by atoms with van der Waals surface area (Å²) >= 11 is 3.15. The summed E-state index contributed by atoms with van der Waals surface area (Å²) in [4.78, 5) is -0.910. The van der Waals surface area contributed by atoms with Crippen molar-refractivity contribution in [1.29, 1.82) is 5.26 Å². The Hall–Kier alpha value is -1.33. The molecule has 0 N–H and O–H groups in total. The second-order valence-corrected chi connectivity index (χ2v) is 8.09. The van der Waals surface area contributed by atoms with Crippen molar-refractivity contribution in [2.45, 2.75) is 31.2 Å². The van der Waals surface area contributed by atoms with Gasteiger partial charge in [0.25, 0.3) is 9.84 Å². The molecular weight excluding hydrogens is 395 g/mol. The fraction of sp³-hybridized carbons (Fsp3) is 0.400. The summed E-state index contributed by atoms with van der Waals surface area (Å²) in [5.74, 6) is -0.448. The molecule has 1 aromatic rings. The van der Waals surface area contributed by atoms with Gasteiger partial charge in [0.2, 0.25) is 0 Å². The van der Waals surface area contributed by atoms with E-state index in [0.29, 0.717) is 17.3 Å². The lowest BCUT2D eigenvalue weighted by Gasteiger charge is -2.17. The maximum absolute atomic E-state index is 13.1. The molecule has 0 radical (unpaired) electrons. The number of benzene rings is 1. The first-order chi connectivity index (χ1) is 10.7. The van der Waals surface area contributed by atoms with Crippen LogP contribution in [0, 0.1) is 17.2 Å². The van der Waals surface area contributed by atoms with Crippen molar-refractivity contribution in [2.24, 2.45) is 5.92 Å². The second kappa shape index (κ2) is 6.65. The zero-order chi connectivity index (χ0) is 17.3. The molecule has 2 rings (SSSR count). The van der Waals surface area contributed by atoms with Crippen molar-refractivity contribution in [3.8, 4) is 6.07 Å². The minimum absolute atomic E-state index is 0.117. The zero-order valence-corrected chi connectivity index (χ0v) is 14.3. The van der Waals surface area contributed by atoms with Crippen LogP contribution in [0.1, 0.15) is 31.2 Å². The van der Waals surface area contributed by atoms with Crippen molar-refractivity contribution >= 4 is 30.7 Å². The van der Waals surface area contributed by atoms with E-state index in [2.05, 4.69) is 15.9 Å². The summed E-state index contributed by atoms with van der Waals surface area (Å²) in [6, 6.07) is 7.17. The Morgan fingerprint density at radius 1 is 1.17 bits per heavy atom. The predicted molar refractivity (Wildman–Crippen MR) is 83.6 cm³/mol. The molecule has 3 nitrogen and oxygen atoms in total. The molecule has 8 heteroatoms. The predicted octanol–water partition coefficient (Wildman–Crippen LogP) is 4.81. The monoisotopic (exact) mass is 407 g/mol. The van der Waals surface area contributed by atoms with Crippen molar-refractivity contribution in [1.82, 2.24) is 0 Å². The van der Waals surface area contributed by atoms with Crippen molar-refractivity contribution < 1.29 is 21.6 Å². The number of nitrogens with zero attached hydrogens (tertiary/aromatic N) is 1. The molecule has 0 spiro atoms. The van der Waals surface area contributed by atoms with Crippen LogP contribution in [0.2, 0.25) is 0 Å². The Balaban J connectivity index is 2.74. The standard InChI is InChI=1S/C15H13BrF3NO2S/c16-12-7-5-11(6-8-12)14(23(21,22)15(17,18)19)13(9-20)10-3-1-2-4-10/h5-8,10H,1-4H2/b14-13-. The zero-order valence-electron chi connectivity index (χ0n) is 11.9. The molecule has 1 saturated carbocycles. The third kappa shape index (κ3) is 3.61. The fourth-order valence-corrected chi connectivity index (χ4v) is 4.16. The highest BCUT2D eigenvalue weighted by molar-refractivity contribution is 9.10. The van der Waals surface area contributed by atoms with Crippen LogP contribution in [-0.2, 0) is 9.84 Å². The number of halogens is 4. The van der Waals surface area contributed by atoms with E-state index in [1.54, 1.807) is 6.07 Å². The lowest BCUT2D eigenvalue weighted by atomic mass is 9.96. The summed E-state index contributed by atoms with van der Waals surface area (Å²) in [7, 11) is -5.61. The molecule has 1 aromatic carbocycles. The van der Waals surface area contributed by atoms with Gasteiger partial charge >= 0.3 is 5.51 Å². The van der Waals surface area contributed by atoms with E-state index >= 15 is 0 Å². The number of hydrogen-bond donors (Lipinski definition) is 0. The van der Waals surface area contributed by atoms with Crippen LogP contribution in [0.25, 0.3) is 4.91 Å². The summed E-state index contributed by atoms with van der Waals surface area (Å²) in [6.45, 7) is 0. The highest BCUT2D eigenvalue weighted by Crippen LogP contribution is 2.42. The summed E-state index contributed by atoms with van der Waals surface area (Å²) < 4.78 is 64.0. The second-order valence-electron chi connectivity index (χ2n) is 5.29. The molecule has 1 fully saturated rings. The first-order valence-electron chi connectivity index (χ1n) is 6.90. The third-order valence-corrected chi connectivity index (χ3v) is 5.94. The minimum atomic E-state index is -5.61. The molecule has 1 aliphatic carbocycles. The molecule has 0 atom stereocenters. The average molecular weight is 408 g/mol. The molecule has 124 valence electrons. The van der Waals surface area contributed by atoms with E-state index in [-0.39, 0.29) is 11.1 Å². The van der Waals surface area contributed by atoms with Gasteiger partial charge in [0.05, 0.1) is 16.5 Å². The molecule has 0 aliphatic heterocycles. The number of allylic oxidation sites excluding steroid dienone is 1. The minimum Gasteiger partial charge on any atom is -0.214 e. The van der Waals surface area contributed by atoms with Crippen molar-refractivity contribution in [2.75, 3.05) is 0 Å². The highest BCUT2D eigenvalue weighted by atomic mass is 79.9. The lowest BCUT2D eigenvalue weighted by Crippen LogP contribution is -2.25. The van der Waals surface area contributed by atoms with E-state index in [1.807, 2.05) is 0 Å². The largest absolute Gasteiger partial charge is 0.501 e. The molecule has 0 amide bonds. The van der Waals surface area contributed by atoms with Gasteiger partial charge in [0.1, 0.15) is 0 Å². The van der Waals surface area contributed by atoms with Gasteiger partial charge in [-0.05, 0) is 36.5 Å². The van der Waals surface area contributed by atoms with E-state index < -0.39 is 26.2 Å². The SMILES string of the molecule is N#C/C(=C(\c1ccc(Br)cc1)S(=O)(=O)C(F)(F)F)C1CCCC1. The maximum atomic E-state index is 13.1. The van der Waals surface area contributed by atoms with Gasteiger partial charge in [-0.2, -0.15) is 18.4 Å². The molecule has 0 aromatic heterocycles. The first kappa shape index (κ1) is 18.0. The summed E-state index contributed by atoms with van der Waals surface area (Å²) in [5.41, 5.74) is -5.85. The highest BCUT2D eigenvalue weighted by Gasteiger charge is 2.50. The van der Waals surface area contributed by atoms with E-state index in [4.69, 9.17) is 0 Å². The smallest absolute Gasteiger partial charge is 0.214 e. The van der Waals surface area contributed by atoms with Crippen LogP contribution < -0.4 is 0 Å². The van der Waals surface area contributed by atoms with Gasteiger partial charge in [-0.15, -0.1) is 0 Å². The van der Waals surface area contributed by atoms with Crippen LogP contribution in [0.5, 0.6) is 0 Å². The third-order valence-electron chi connectivity index (χ3n) is 3.81. The summed E-state index contributed by atoms with van der Waals surface area (Å²) in [5, 5.41) is 9.35. The van der Waals surface area contributed by atoms with Gasteiger partial charge in [-0.1, -0.05) is 40.9 Å². The first-order valence-corrected chi connectivity index (χ1v) is 9.17. The number of rotatable bonds is 3. The average Bonchev–Trinajstić information content (AvgIpc) is 2.98. The van der Waals surface area contributed by atoms with Gasteiger partial charge in [-0.3, -0.25) is 0 Å². The van der Waals surface area contributed by atoms with Crippen LogP contribution in [0.3, 0.4) is 0 Å². The van der Waals surface area contributed by atoms with Crippen LogP contribution >= 0.6 is 15.9 Å². The van der Waals surface area contributed by atoms with Crippen molar-refractivity contribution in [3.63, 3.8) is 0 Å². The Labute approximate surface area is 140 Å². The Kier molecular flexibility index (Phi) is 5.21. The summed E-state index contributed by atoms with van der Waals surface area (Å²) in [6.07, 6.45) is 2.59. The number of alkyl halides is 3. The van der Waals surface area contributed by atoms with Crippen molar-refractivity contribution in [3.05, 3.63) is 39.9 Å². The number of sulfone groups is 1. The molecule has 1 aliphatic rings. The Morgan fingerprint density at radius 3 is 2.13 bits per heavy atom. The van der Waals surface area contributed by atoms with E-state index in [0.717, 1.165) is 12.8 Å². The number of nitriles is 1. The molecular formula is C15H13BrF3NO2S. The van der Waals surface area contributed by atoms with Crippen LogP contribution in [0.15, 0.2) is 34.3 Å². The van der Waals surface area contributed by atoms with E-state index in [1.165, 1.54) is 24.3 Å². The van der Waals surface area contributed by atoms with E-state index in [9.17, 15) is 26.9 Å². The Bertz CT molecular complexity index is 755. The van der Waals surface area contributed by atoms with Gasteiger partial charge in [0.15, 0.2) is 0 Å². The van der Waals surface area contributed by atoms with Crippen LogP contribution in [-0.4, -0.2) is 13.9 Å². The molecule has 0 saturated heterocycles. The van der Waals surface area contributed by atoms with Crippen LogP contribution in [0.4, 0.5) is 13.2 Å². The van der Waals surface area contributed by atoms with Gasteiger partial charge < -0.3 is 0 Å². The normalized spacial score (nSPS) is 17.7. The maximum Gasteiger partial charge on any atom is 0.501 e. The Morgan fingerprint density at radius 2 is 1.70 bits per heavy atom. The lowest BCUT2D eigenvalue weighted by molar-refractivity contribution is -0.0420. The number of hydrogen-bond acceptors (Lipinski definition) is 3. The molecule has 0 heterocycles. The fourth-order valence-electron chi connectivity index (χ4n) is 2.71. The topological polar surface area (TPSA) is 57.9 Å². The molecule has 23 heavy (non-hydrogen) atoms. The molecule has 0 bridgehead atoms. The molecule has 0 unspecified atom stereocenters. The van der Waals surface area contributed by atoms with Gasteiger partial charge in [-0.25, -0.2) is 8.42 Å². The quantitative estimate of drug-likeness (QED) is 0.675.